The molecule has 0 spiro atoms. The summed E-state index contributed by atoms with van der Waals surface area (Å²) < 4.78 is 40.5. The van der Waals surface area contributed by atoms with Crippen molar-refractivity contribution in [2.75, 3.05) is 0 Å². The Morgan fingerprint density at radius 3 is 2.48 bits per heavy atom. The lowest BCUT2D eigenvalue weighted by Crippen LogP contribution is -1.99. The Morgan fingerprint density at radius 1 is 0.957 bits per heavy atom. The Hall–Kier alpha value is -2.47. The topological polar surface area (TPSA) is 38.7 Å². The second-order valence-corrected chi connectivity index (χ2v) is 5.20. The van der Waals surface area contributed by atoms with E-state index in [0.29, 0.717) is 11.3 Å². The number of aryl methyl sites for hydroxylation is 1. The average Bonchev–Trinajstić information content (AvgIpc) is 2.52. The van der Waals surface area contributed by atoms with Gasteiger partial charge in [-0.15, -0.1) is 0 Å². The lowest BCUT2D eigenvalue weighted by Gasteiger charge is -2.08. The molecule has 0 N–H and O–H groups in total. The van der Waals surface area contributed by atoms with Gasteiger partial charge in [0.15, 0.2) is 23.3 Å². The summed E-state index contributed by atoms with van der Waals surface area (Å²) in [5, 5.41) is 0.258. The van der Waals surface area contributed by atoms with Crippen molar-refractivity contribution < 1.29 is 13.2 Å². The average molecular weight is 336 g/mol. The van der Waals surface area contributed by atoms with Crippen molar-refractivity contribution in [3.8, 4) is 22.6 Å². The van der Waals surface area contributed by atoms with Gasteiger partial charge in [-0.2, -0.15) is 0 Å². The van der Waals surface area contributed by atoms with Crippen molar-refractivity contribution in [1.82, 2.24) is 15.0 Å². The molecule has 0 bridgehead atoms. The number of aromatic nitrogens is 3. The molecular formula is C16H9ClF3N3. The molecule has 0 aliphatic heterocycles. The molecule has 0 amide bonds. The van der Waals surface area contributed by atoms with Crippen LogP contribution in [0.25, 0.3) is 22.6 Å². The Bertz CT molecular complexity index is 900. The first kappa shape index (κ1) is 15.4. The summed E-state index contributed by atoms with van der Waals surface area (Å²) in [5.74, 6) is -3.79. The van der Waals surface area contributed by atoms with Gasteiger partial charge in [-0.1, -0.05) is 11.6 Å². The molecule has 0 fully saturated rings. The van der Waals surface area contributed by atoms with Crippen LogP contribution in [0, 0.1) is 24.4 Å². The van der Waals surface area contributed by atoms with Crippen LogP contribution in [0.5, 0.6) is 0 Å². The fraction of sp³-hybridized carbons (Fsp3) is 0.0625. The lowest BCUT2D eigenvalue weighted by atomic mass is 10.1. The monoisotopic (exact) mass is 335 g/mol. The summed E-state index contributed by atoms with van der Waals surface area (Å²) in [6.45, 7) is 1.69. The number of halogens is 4. The molecule has 2 heterocycles. The lowest BCUT2D eigenvalue weighted by molar-refractivity contribution is 0.449. The Labute approximate surface area is 134 Å². The largest absolute Gasteiger partial charge is 0.245 e. The zero-order valence-corrected chi connectivity index (χ0v) is 12.6. The van der Waals surface area contributed by atoms with Crippen LogP contribution in [-0.4, -0.2) is 15.0 Å². The molecule has 3 aromatic rings. The van der Waals surface area contributed by atoms with Crippen molar-refractivity contribution in [3.63, 3.8) is 0 Å². The molecule has 0 saturated heterocycles. The summed E-state index contributed by atoms with van der Waals surface area (Å²) in [7, 11) is 0. The van der Waals surface area contributed by atoms with Crippen molar-refractivity contribution in [1.29, 1.82) is 0 Å². The summed E-state index contributed by atoms with van der Waals surface area (Å²) in [4.78, 5) is 12.3. The fourth-order valence-corrected chi connectivity index (χ4v) is 2.27. The van der Waals surface area contributed by atoms with Crippen molar-refractivity contribution in [2.45, 2.75) is 6.92 Å². The normalized spacial score (nSPS) is 10.8. The molecular weight excluding hydrogens is 327 g/mol. The standard InChI is InChI=1S/C16H9ClF3N3/c1-8-6-12(10-2-3-11(18)15(20)14(10)19)23-16(22-8)9-4-5-21-13(17)7-9/h2-7H,1H3. The summed E-state index contributed by atoms with van der Waals surface area (Å²) in [5.41, 5.74) is 1.13. The highest BCUT2D eigenvalue weighted by molar-refractivity contribution is 6.29. The SMILES string of the molecule is Cc1cc(-c2ccc(F)c(F)c2F)nc(-c2ccnc(Cl)c2)n1. The van der Waals surface area contributed by atoms with Crippen LogP contribution in [0.4, 0.5) is 13.2 Å². The van der Waals surface area contributed by atoms with Gasteiger partial charge < -0.3 is 0 Å². The molecule has 3 nitrogen and oxygen atoms in total. The quantitative estimate of drug-likeness (QED) is 0.508. The summed E-state index contributed by atoms with van der Waals surface area (Å²) in [6, 6.07) is 6.68. The first-order valence-electron chi connectivity index (χ1n) is 6.57. The minimum atomic E-state index is -1.53. The molecule has 0 aliphatic rings. The number of nitrogens with zero attached hydrogens (tertiary/aromatic N) is 3. The van der Waals surface area contributed by atoms with Crippen LogP contribution in [0.1, 0.15) is 5.69 Å². The highest BCUT2D eigenvalue weighted by atomic mass is 35.5. The van der Waals surface area contributed by atoms with Crippen LogP contribution < -0.4 is 0 Å². The molecule has 0 aliphatic carbocycles. The van der Waals surface area contributed by atoms with Gasteiger partial charge in [0.05, 0.1) is 5.69 Å². The maximum atomic E-state index is 14.0. The number of rotatable bonds is 2. The molecule has 0 atom stereocenters. The third-order valence-corrected chi connectivity index (χ3v) is 3.36. The van der Waals surface area contributed by atoms with E-state index < -0.39 is 17.5 Å². The summed E-state index contributed by atoms with van der Waals surface area (Å²) in [6.07, 6.45) is 1.49. The zero-order valence-electron chi connectivity index (χ0n) is 11.8. The minimum absolute atomic E-state index is 0.143. The van der Waals surface area contributed by atoms with E-state index in [1.165, 1.54) is 12.3 Å². The second kappa shape index (κ2) is 5.96. The van der Waals surface area contributed by atoms with Gasteiger partial charge in [-0.05, 0) is 37.3 Å². The van der Waals surface area contributed by atoms with Gasteiger partial charge in [0.25, 0.3) is 0 Å². The van der Waals surface area contributed by atoms with Gasteiger partial charge >= 0.3 is 0 Å². The Morgan fingerprint density at radius 2 is 1.74 bits per heavy atom. The van der Waals surface area contributed by atoms with E-state index >= 15 is 0 Å². The second-order valence-electron chi connectivity index (χ2n) is 4.81. The first-order valence-corrected chi connectivity index (χ1v) is 6.95. The van der Waals surface area contributed by atoms with Crippen molar-refractivity contribution >= 4 is 11.6 Å². The van der Waals surface area contributed by atoms with Gasteiger partial charge in [0.2, 0.25) is 0 Å². The van der Waals surface area contributed by atoms with Gasteiger partial charge in [-0.3, -0.25) is 0 Å². The van der Waals surface area contributed by atoms with E-state index in [1.54, 1.807) is 19.1 Å². The summed E-state index contributed by atoms with van der Waals surface area (Å²) >= 11 is 5.84. The van der Waals surface area contributed by atoms with Crippen LogP contribution in [0.2, 0.25) is 5.15 Å². The molecule has 0 saturated carbocycles. The van der Waals surface area contributed by atoms with E-state index in [9.17, 15) is 13.2 Å². The smallest absolute Gasteiger partial charge is 0.195 e. The third kappa shape index (κ3) is 3.03. The highest BCUT2D eigenvalue weighted by Gasteiger charge is 2.17. The zero-order chi connectivity index (χ0) is 16.6. The van der Waals surface area contributed by atoms with E-state index in [2.05, 4.69) is 15.0 Å². The van der Waals surface area contributed by atoms with Gasteiger partial charge in [0.1, 0.15) is 5.15 Å². The number of pyridine rings is 1. The molecule has 23 heavy (non-hydrogen) atoms. The Balaban J connectivity index is 2.17. The van der Waals surface area contributed by atoms with Gasteiger partial charge in [0, 0.05) is 23.0 Å². The van der Waals surface area contributed by atoms with E-state index in [-0.39, 0.29) is 22.2 Å². The molecule has 1 aromatic carbocycles. The molecule has 2 aromatic heterocycles. The third-order valence-electron chi connectivity index (χ3n) is 3.15. The maximum Gasteiger partial charge on any atom is 0.195 e. The van der Waals surface area contributed by atoms with E-state index in [0.717, 1.165) is 12.1 Å². The minimum Gasteiger partial charge on any atom is -0.245 e. The molecule has 116 valence electrons. The number of benzene rings is 1. The number of hydrogen-bond donors (Lipinski definition) is 0. The molecule has 7 heteroatoms. The van der Waals surface area contributed by atoms with Crippen LogP contribution >= 0.6 is 11.6 Å². The van der Waals surface area contributed by atoms with Crippen LogP contribution in [-0.2, 0) is 0 Å². The molecule has 3 rings (SSSR count). The van der Waals surface area contributed by atoms with E-state index in [4.69, 9.17) is 11.6 Å². The van der Waals surface area contributed by atoms with Crippen LogP contribution in [0.3, 0.4) is 0 Å². The fourth-order valence-electron chi connectivity index (χ4n) is 2.10. The first-order chi connectivity index (χ1) is 11.0. The predicted molar refractivity (Wildman–Crippen MR) is 80.3 cm³/mol. The highest BCUT2D eigenvalue weighted by Crippen LogP contribution is 2.27. The predicted octanol–water partition coefficient (Wildman–Crippen LogP) is 4.58. The van der Waals surface area contributed by atoms with Crippen LogP contribution in [0.15, 0.2) is 36.5 Å². The maximum absolute atomic E-state index is 14.0. The van der Waals surface area contributed by atoms with Crippen molar-refractivity contribution in [3.05, 3.63) is 64.8 Å². The van der Waals surface area contributed by atoms with Crippen molar-refractivity contribution in [2.24, 2.45) is 0 Å². The molecule has 0 unspecified atom stereocenters. The Kier molecular flexibility index (Phi) is 4.00. The van der Waals surface area contributed by atoms with Gasteiger partial charge in [-0.25, -0.2) is 28.1 Å². The van der Waals surface area contributed by atoms with E-state index in [1.807, 2.05) is 0 Å². The number of hydrogen-bond acceptors (Lipinski definition) is 3. The molecule has 0 radical (unpaired) electrons.